The van der Waals surface area contributed by atoms with Gasteiger partial charge in [0.1, 0.15) is 5.75 Å². The van der Waals surface area contributed by atoms with Crippen molar-refractivity contribution in [3.05, 3.63) is 71.3 Å². The number of fused-ring (bicyclic) bond motifs is 1. The minimum Gasteiger partial charge on any atom is -0.507 e. The Hall–Kier alpha value is -3.01. The van der Waals surface area contributed by atoms with Crippen molar-refractivity contribution in [2.45, 2.75) is 26.8 Å². The highest BCUT2D eigenvalue weighted by atomic mass is 16.4. The Morgan fingerprint density at radius 3 is 2.42 bits per heavy atom. The van der Waals surface area contributed by atoms with Gasteiger partial charge in [-0.2, -0.15) is 0 Å². The standard InChI is InChI=1S/C22H23NO3/c1-3-23(18-10-8-16(9-11-18)13-21(24)25)14-20-19-7-5-4-6-17(19)12-15(2)22(20)26/h4-12,26H,3,13-14H2,1-2H3,(H,24,25). The number of carboxylic acids is 1. The van der Waals surface area contributed by atoms with Gasteiger partial charge < -0.3 is 15.1 Å². The number of phenols is 1. The van der Waals surface area contributed by atoms with E-state index in [0.717, 1.165) is 39.7 Å². The molecule has 134 valence electrons. The number of hydrogen-bond donors (Lipinski definition) is 2. The normalized spacial score (nSPS) is 10.8. The minimum atomic E-state index is -0.832. The van der Waals surface area contributed by atoms with E-state index in [0.29, 0.717) is 12.3 Å². The number of phenolic OH excluding ortho intramolecular Hbond substituents is 1. The van der Waals surface area contributed by atoms with E-state index in [4.69, 9.17) is 5.11 Å². The van der Waals surface area contributed by atoms with E-state index in [1.54, 1.807) is 0 Å². The molecule has 0 amide bonds. The van der Waals surface area contributed by atoms with Crippen molar-refractivity contribution in [1.82, 2.24) is 0 Å². The van der Waals surface area contributed by atoms with Crippen LogP contribution < -0.4 is 4.90 Å². The Bertz CT molecular complexity index is 932. The zero-order valence-corrected chi connectivity index (χ0v) is 15.1. The molecule has 0 radical (unpaired) electrons. The third-order valence-electron chi connectivity index (χ3n) is 4.70. The van der Waals surface area contributed by atoms with Gasteiger partial charge in [0.25, 0.3) is 0 Å². The molecule has 26 heavy (non-hydrogen) atoms. The lowest BCUT2D eigenvalue weighted by molar-refractivity contribution is -0.136. The highest BCUT2D eigenvalue weighted by Gasteiger charge is 2.14. The number of rotatable bonds is 6. The number of benzene rings is 3. The first-order chi connectivity index (χ1) is 12.5. The Balaban J connectivity index is 1.95. The average molecular weight is 349 g/mol. The molecule has 0 saturated heterocycles. The van der Waals surface area contributed by atoms with Gasteiger partial charge in [0, 0.05) is 24.3 Å². The smallest absolute Gasteiger partial charge is 0.307 e. The van der Waals surface area contributed by atoms with Crippen LogP contribution in [0.15, 0.2) is 54.6 Å². The Morgan fingerprint density at radius 2 is 1.77 bits per heavy atom. The lowest BCUT2D eigenvalue weighted by atomic mass is 9.99. The average Bonchev–Trinajstić information content (AvgIpc) is 2.63. The summed E-state index contributed by atoms with van der Waals surface area (Å²) in [7, 11) is 0. The molecule has 0 atom stereocenters. The molecule has 0 spiro atoms. The van der Waals surface area contributed by atoms with Gasteiger partial charge >= 0.3 is 5.97 Å². The molecule has 4 nitrogen and oxygen atoms in total. The molecular weight excluding hydrogens is 326 g/mol. The van der Waals surface area contributed by atoms with Crippen molar-refractivity contribution < 1.29 is 15.0 Å². The van der Waals surface area contributed by atoms with Crippen LogP contribution in [0.2, 0.25) is 0 Å². The van der Waals surface area contributed by atoms with Gasteiger partial charge in [0.2, 0.25) is 0 Å². The lowest BCUT2D eigenvalue weighted by Gasteiger charge is -2.25. The summed E-state index contributed by atoms with van der Waals surface area (Å²) in [6.45, 7) is 5.35. The van der Waals surface area contributed by atoms with Crippen molar-refractivity contribution in [1.29, 1.82) is 0 Å². The van der Waals surface area contributed by atoms with E-state index in [1.165, 1.54) is 0 Å². The van der Waals surface area contributed by atoms with Gasteiger partial charge in [0.05, 0.1) is 6.42 Å². The topological polar surface area (TPSA) is 60.8 Å². The lowest BCUT2D eigenvalue weighted by Crippen LogP contribution is -2.22. The molecule has 0 aliphatic heterocycles. The fraction of sp³-hybridized carbons (Fsp3) is 0.227. The fourth-order valence-corrected chi connectivity index (χ4v) is 3.30. The third-order valence-corrected chi connectivity index (χ3v) is 4.70. The van der Waals surface area contributed by atoms with Crippen LogP contribution in [0, 0.1) is 6.92 Å². The largest absolute Gasteiger partial charge is 0.507 e. The number of nitrogens with zero attached hydrogens (tertiary/aromatic N) is 1. The van der Waals surface area contributed by atoms with Crippen molar-refractivity contribution in [3.8, 4) is 5.75 Å². The van der Waals surface area contributed by atoms with Crippen LogP contribution in [0.4, 0.5) is 5.69 Å². The molecule has 0 heterocycles. The summed E-state index contributed by atoms with van der Waals surface area (Å²) in [6, 6.07) is 17.7. The summed E-state index contributed by atoms with van der Waals surface area (Å²) in [4.78, 5) is 13.0. The first-order valence-electron chi connectivity index (χ1n) is 8.75. The first-order valence-corrected chi connectivity index (χ1v) is 8.75. The van der Waals surface area contributed by atoms with Crippen molar-refractivity contribution in [2.75, 3.05) is 11.4 Å². The molecule has 3 aromatic carbocycles. The number of aliphatic carboxylic acids is 1. The predicted molar refractivity (Wildman–Crippen MR) is 105 cm³/mol. The number of aromatic hydroxyl groups is 1. The molecule has 0 saturated carbocycles. The maximum atomic E-state index is 10.8. The van der Waals surface area contributed by atoms with Gasteiger partial charge in [-0.05, 0) is 53.9 Å². The molecule has 0 aromatic heterocycles. The van der Waals surface area contributed by atoms with Crippen LogP contribution >= 0.6 is 0 Å². The van der Waals surface area contributed by atoms with E-state index < -0.39 is 5.97 Å². The Labute approximate surface area is 153 Å². The van der Waals surface area contributed by atoms with Crippen molar-refractivity contribution >= 4 is 22.4 Å². The monoisotopic (exact) mass is 349 g/mol. The number of anilines is 1. The second kappa shape index (κ2) is 7.48. The van der Waals surface area contributed by atoms with Crippen LogP contribution in [-0.4, -0.2) is 22.7 Å². The number of carbonyl (C=O) groups is 1. The molecule has 3 rings (SSSR count). The molecule has 0 bridgehead atoms. The van der Waals surface area contributed by atoms with Crippen LogP contribution in [0.3, 0.4) is 0 Å². The zero-order valence-electron chi connectivity index (χ0n) is 15.1. The first kappa shape index (κ1) is 17.8. The van der Waals surface area contributed by atoms with E-state index in [1.807, 2.05) is 55.5 Å². The van der Waals surface area contributed by atoms with Crippen molar-refractivity contribution in [2.24, 2.45) is 0 Å². The maximum Gasteiger partial charge on any atom is 0.307 e. The molecule has 0 unspecified atom stereocenters. The zero-order chi connectivity index (χ0) is 18.7. The van der Waals surface area contributed by atoms with Gasteiger partial charge in [-0.3, -0.25) is 4.79 Å². The summed E-state index contributed by atoms with van der Waals surface area (Å²) in [6.07, 6.45) is 0.0235. The second-order valence-electron chi connectivity index (χ2n) is 6.49. The van der Waals surface area contributed by atoms with E-state index in [2.05, 4.69) is 17.9 Å². The molecule has 0 aliphatic rings. The van der Waals surface area contributed by atoms with Gasteiger partial charge in [-0.15, -0.1) is 0 Å². The fourth-order valence-electron chi connectivity index (χ4n) is 3.30. The van der Waals surface area contributed by atoms with E-state index in [9.17, 15) is 9.90 Å². The van der Waals surface area contributed by atoms with Crippen LogP contribution in [0.1, 0.15) is 23.6 Å². The number of aryl methyl sites for hydroxylation is 1. The minimum absolute atomic E-state index is 0.0235. The molecule has 4 heteroatoms. The Kier molecular flexibility index (Phi) is 5.12. The van der Waals surface area contributed by atoms with Gasteiger partial charge in [-0.1, -0.05) is 36.4 Å². The summed E-state index contributed by atoms with van der Waals surface area (Å²) in [5, 5.41) is 21.7. The molecule has 3 aromatic rings. The van der Waals surface area contributed by atoms with Gasteiger partial charge in [-0.25, -0.2) is 0 Å². The summed E-state index contributed by atoms with van der Waals surface area (Å²) in [5.41, 5.74) is 3.57. The van der Waals surface area contributed by atoms with Crippen molar-refractivity contribution in [3.63, 3.8) is 0 Å². The molecule has 0 aliphatic carbocycles. The highest BCUT2D eigenvalue weighted by Crippen LogP contribution is 2.33. The van der Waals surface area contributed by atoms with Gasteiger partial charge in [0.15, 0.2) is 0 Å². The van der Waals surface area contributed by atoms with Crippen LogP contribution in [0.25, 0.3) is 10.8 Å². The number of hydrogen-bond acceptors (Lipinski definition) is 3. The van der Waals surface area contributed by atoms with E-state index in [-0.39, 0.29) is 6.42 Å². The molecular formula is C22H23NO3. The third kappa shape index (κ3) is 3.64. The highest BCUT2D eigenvalue weighted by molar-refractivity contribution is 5.89. The SMILES string of the molecule is CCN(Cc1c(O)c(C)cc2ccccc12)c1ccc(CC(=O)O)cc1. The van der Waals surface area contributed by atoms with Crippen LogP contribution in [0.5, 0.6) is 5.75 Å². The molecule has 0 fully saturated rings. The summed E-state index contributed by atoms with van der Waals surface area (Å²) >= 11 is 0. The Morgan fingerprint density at radius 1 is 1.08 bits per heavy atom. The predicted octanol–water partition coefficient (Wildman–Crippen LogP) is 4.51. The maximum absolute atomic E-state index is 10.8. The quantitative estimate of drug-likeness (QED) is 0.687. The van der Waals surface area contributed by atoms with E-state index >= 15 is 0 Å². The molecule has 2 N–H and O–H groups in total. The summed E-state index contributed by atoms with van der Waals surface area (Å²) < 4.78 is 0. The van der Waals surface area contributed by atoms with Crippen LogP contribution in [-0.2, 0) is 17.8 Å². The number of carboxylic acid groups (broad SMARTS) is 1. The summed E-state index contributed by atoms with van der Waals surface area (Å²) in [5.74, 6) is -0.495. The second-order valence-corrected chi connectivity index (χ2v) is 6.49.